The summed E-state index contributed by atoms with van der Waals surface area (Å²) in [4.78, 5) is 22.7. The molecule has 0 aromatic heterocycles. The molecule has 1 aromatic rings. The van der Waals surface area contributed by atoms with Gasteiger partial charge in [0.15, 0.2) is 0 Å². The highest BCUT2D eigenvalue weighted by molar-refractivity contribution is 7.88. The number of primary sulfonamides is 1. The lowest BCUT2D eigenvalue weighted by molar-refractivity contribution is -0.144. The smallest absolute Gasteiger partial charge is 0.306 e. The summed E-state index contributed by atoms with van der Waals surface area (Å²) in [6.07, 6.45) is 0.0426. The molecule has 0 aliphatic heterocycles. The van der Waals surface area contributed by atoms with Gasteiger partial charge in [-0.3, -0.25) is 9.59 Å². The third kappa shape index (κ3) is 7.42. The number of amides is 1. The maximum atomic E-state index is 11.6. The Balaban J connectivity index is 2.48. The van der Waals surface area contributed by atoms with E-state index in [0.29, 0.717) is 11.3 Å². The highest BCUT2D eigenvalue weighted by Crippen LogP contribution is 2.12. The molecule has 0 aliphatic carbocycles. The Morgan fingerprint density at radius 2 is 1.81 bits per heavy atom. The van der Waals surface area contributed by atoms with Crippen molar-refractivity contribution in [2.24, 2.45) is 5.14 Å². The van der Waals surface area contributed by atoms with E-state index in [1.165, 1.54) is 0 Å². The van der Waals surface area contributed by atoms with Crippen LogP contribution < -0.4 is 10.5 Å². The van der Waals surface area contributed by atoms with Crippen molar-refractivity contribution in [3.05, 3.63) is 29.8 Å². The number of carbonyl (C=O) groups excluding carboxylic acids is 2. The van der Waals surface area contributed by atoms with Crippen LogP contribution in [-0.4, -0.2) is 26.9 Å². The fourth-order valence-electron chi connectivity index (χ4n) is 1.59. The van der Waals surface area contributed by atoms with Crippen LogP contribution in [0.4, 0.5) is 5.69 Å². The predicted molar refractivity (Wildman–Crippen MR) is 77.7 cm³/mol. The zero-order valence-electron chi connectivity index (χ0n) is 11.7. The molecule has 1 rings (SSSR count). The van der Waals surface area contributed by atoms with Gasteiger partial charge in [-0.1, -0.05) is 12.1 Å². The summed E-state index contributed by atoms with van der Waals surface area (Å²) < 4.78 is 26.6. The van der Waals surface area contributed by atoms with Crippen LogP contribution in [0.3, 0.4) is 0 Å². The van der Waals surface area contributed by atoms with Gasteiger partial charge in [-0.2, -0.15) is 0 Å². The van der Waals surface area contributed by atoms with Gasteiger partial charge in [-0.05, 0) is 24.6 Å². The van der Waals surface area contributed by atoms with Gasteiger partial charge < -0.3 is 10.1 Å². The molecule has 0 heterocycles. The summed E-state index contributed by atoms with van der Waals surface area (Å²) in [7, 11) is -3.58. The Hall–Kier alpha value is -1.93. The third-order valence-corrected chi connectivity index (χ3v) is 3.20. The van der Waals surface area contributed by atoms with Crippen LogP contribution in [0.15, 0.2) is 24.3 Å². The molecule has 0 atom stereocenters. The molecule has 0 unspecified atom stereocenters. The van der Waals surface area contributed by atoms with Crippen LogP contribution >= 0.6 is 0 Å². The molecule has 8 heteroatoms. The van der Waals surface area contributed by atoms with Crippen LogP contribution in [0.2, 0.25) is 0 Å². The number of hydrogen-bond acceptors (Lipinski definition) is 5. The lowest BCUT2D eigenvalue weighted by atomic mass is 10.2. The molecular formula is C13H18N2O5S. The summed E-state index contributed by atoms with van der Waals surface area (Å²) in [6.45, 7) is 1.98. The normalized spacial score (nSPS) is 11.0. The van der Waals surface area contributed by atoms with Crippen molar-refractivity contribution in [3.63, 3.8) is 0 Å². The lowest BCUT2D eigenvalue weighted by Gasteiger charge is -2.06. The van der Waals surface area contributed by atoms with E-state index in [9.17, 15) is 18.0 Å². The highest BCUT2D eigenvalue weighted by Gasteiger charge is 2.08. The minimum Gasteiger partial charge on any atom is -0.466 e. The Morgan fingerprint density at radius 1 is 1.19 bits per heavy atom. The van der Waals surface area contributed by atoms with Crippen LogP contribution in [0, 0.1) is 0 Å². The highest BCUT2D eigenvalue weighted by atomic mass is 32.2. The van der Waals surface area contributed by atoms with Gasteiger partial charge in [-0.25, -0.2) is 13.6 Å². The Morgan fingerprint density at radius 3 is 2.33 bits per heavy atom. The fraction of sp³-hybridized carbons (Fsp3) is 0.385. The number of benzene rings is 1. The molecule has 1 aromatic carbocycles. The van der Waals surface area contributed by atoms with E-state index in [-0.39, 0.29) is 31.1 Å². The number of hydrogen-bond donors (Lipinski definition) is 2. The SMILES string of the molecule is CCOC(=O)CCC(=O)Nc1ccc(CS(N)(=O)=O)cc1. The molecule has 21 heavy (non-hydrogen) atoms. The van der Waals surface area contributed by atoms with Crippen molar-refractivity contribution >= 4 is 27.6 Å². The molecule has 0 aliphatic rings. The van der Waals surface area contributed by atoms with Gasteiger partial charge in [0.05, 0.1) is 18.8 Å². The Bertz CT molecular complexity index is 595. The van der Waals surface area contributed by atoms with Crippen LogP contribution in [0.5, 0.6) is 0 Å². The molecule has 3 N–H and O–H groups in total. The van der Waals surface area contributed by atoms with Gasteiger partial charge in [0, 0.05) is 12.1 Å². The quantitative estimate of drug-likeness (QED) is 0.721. The fourth-order valence-corrected chi connectivity index (χ4v) is 2.25. The van der Waals surface area contributed by atoms with Gasteiger partial charge in [0.25, 0.3) is 0 Å². The standard InChI is InChI=1S/C13H18N2O5S/c1-2-20-13(17)8-7-12(16)15-11-5-3-10(4-6-11)9-21(14,18)19/h3-6H,2,7-9H2,1H3,(H,15,16)(H2,14,18,19). The van der Waals surface area contributed by atoms with Gasteiger partial charge in [0.2, 0.25) is 15.9 Å². The molecule has 0 saturated heterocycles. The first kappa shape index (κ1) is 17.1. The number of nitrogens with one attached hydrogen (secondary N) is 1. The zero-order chi connectivity index (χ0) is 15.9. The zero-order valence-corrected chi connectivity index (χ0v) is 12.5. The summed E-state index contributed by atoms with van der Waals surface area (Å²) in [5.41, 5.74) is 1.05. The summed E-state index contributed by atoms with van der Waals surface area (Å²) in [6, 6.07) is 6.27. The van der Waals surface area contributed by atoms with E-state index in [4.69, 9.17) is 9.88 Å². The first-order valence-corrected chi connectivity index (χ1v) is 8.06. The second kappa shape index (κ2) is 7.75. The largest absolute Gasteiger partial charge is 0.466 e. The number of ether oxygens (including phenoxy) is 1. The second-order valence-corrected chi connectivity index (χ2v) is 5.97. The number of esters is 1. The van der Waals surface area contributed by atoms with E-state index in [2.05, 4.69) is 5.32 Å². The molecule has 7 nitrogen and oxygen atoms in total. The first-order valence-electron chi connectivity index (χ1n) is 6.35. The average molecular weight is 314 g/mol. The van der Waals surface area contributed by atoms with Crippen LogP contribution in [0.1, 0.15) is 25.3 Å². The van der Waals surface area contributed by atoms with Gasteiger partial charge in [0.1, 0.15) is 0 Å². The lowest BCUT2D eigenvalue weighted by Crippen LogP contribution is -2.15. The van der Waals surface area contributed by atoms with Crippen LogP contribution in [0.25, 0.3) is 0 Å². The number of sulfonamides is 1. The second-order valence-electron chi connectivity index (χ2n) is 4.36. The van der Waals surface area contributed by atoms with Crippen LogP contribution in [-0.2, 0) is 30.1 Å². The van der Waals surface area contributed by atoms with Crippen molar-refractivity contribution in [1.29, 1.82) is 0 Å². The summed E-state index contributed by atoms with van der Waals surface area (Å²) in [5.74, 6) is -0.997. The molecule has 0 fully saturated rings. The third-order valence-electron chi connectivity index (χ3n) is 2.47. The molecular weight excluding hydrogens is 296 g/mol. The summed E-state index contributed by atoms with van der Waals surface area (Å²) in [5, 5.41) is 7.54. The number of anilines is 1. The molecule has 0 bridgehead atoms. The Labute approximate surface area is 123 Å². The maximum Gasteiger partial charge on any atom is 0.306 e. The van der Waals surface area contributed by atoms with Crippen molar-refractivity contribution in [2.75, 3.05) is 11.9 Å². The monoisotopic (exact) mass is 314 g/mol. The minimum atomic E-state index is -3.58. The maximum absolute atomic E-state index is 11.6. The van der Waals surface area contributed by atoms with Gasteiger partial charge >= 0.3 is 5.97 Å². The van der Waals surface area contributed by atoms with Crippen molar-refractivity contribution < 1.29 is 22.7 Å². The molecule has 0 spiro atoms. The average Bonchev–Trinajstić information content (AvgIpc) is 2.37. The first-order chi connectivity index (χ1) is 9.80. The van der Waals surface area contributed by atoms with Crippen molar-refractivity contribution in [1.82, 2.24) is 0 Å². The van der Waals surface area contributed by atoms with E-state index in [1.54, 1.807) is 31.2 Å². The summed E-state index contributed by atoms with van der Waals surface area (Å²) >= 11 is 0. The molecule has 0 radical (unpaired) electrons. The van der Waals surface area contributed by atoms with E-state index in [1.807, 2.05) is 0 Å². The number of carbonyl (C=O) groups is 2. The number of nitrogens with two attached hydrogens (primary N) is 1. The Kier molecular flexibility index (Phi) is 6.32. The molecule has 1 amide bonds. The van der Waals surface area contributed by atoms with Crippen molar-refractivity contribution in [3.8, 4) is 0 Å². The van der Waals surface area contributed by atoms with Gasteiger partial charge in [-0.15, -0.1) is 0 Å². The molecule has 0 saturated carbocycles. The number of rotatable bonds is 7. The molecule has 116 valence electrons. The minimum absolute atomic E-state index is 0.0170. The topological polar surface area (TPSA) is 116 Å². The predicted octanol–water partition coefficient (Wildman–Crippen LogP) is 0.757. The van der Waals surface area contributed by atoms with E-state index < -0.39 is 16.0 Å². The van der Waals surface area contributed by atoms with E-state index in [0.717, 1.165) is 0 Å². The van der Waals surface area contributed by atoms with Crippen molar-refractivity contribution in [2.45, 2.75) is 25.5 Å². The van der Waals surface area contributed by atoms with E-state index >= 15 is 0 Å².